The molecule has 2 fully saturated rings. The predicted molar refractivity (Wildman–Crippen MR) is 57.4 cm³/mol. The maximum absolute atomic E-state index is 11.9. The largest absolute Gasteiger partial charge is 0.384 e. The van der Waals surface area contributed by atoms with Gasteiger partial charge in [0.05, 0.1) is 13.0 Å². The molecular weight excluding hydrogens is 192 g/mol. The zero-order valence-electron chi connectivity index (χ0n) is 9.32. The molecule has 0 aromatic heterocycles. The molecule has 2 N–H and O–H groups in total. The van der Waals surface area contributed by atoms with E-state index in [1.807, 2.05) is 0 Å². The van der Waals surface area contributed by atoms with E-state index in [2.05, 4.69) is 4.90 Å². The van der Waals surface area contributed by atoms with Crippen LogP contribution >= 0.6 is 0 Å². The van der Waals surface area contributed by atoms with Crippen LogP contribution in [0.15, 0.2) is 0 Å². The standard InChI is InChI=1S/C11H20N2O2/c1-15-5-4-11(14)13-9-2-3-10(13)7-8(12)6-9/h8-10H,2-7,12H2,1H3. The molecule has 2 unspecified atom stereocenters. The van der Waals surface area contributed by atoms with Gasteiger partial charge in [0.15, 0.2) is 0 Å². The summed E-state index contributed by atoms with van der Waals surface area (Å²) in [5.41, 5.74) is 5.96. The first-order valence-corrected chi connectivity index (χ1v) is 5.78. The molecule has 2 aliphatic rings. The fourth-order valence-corrected chi connectivity index (χ4v) is 2.94. The van der Waals surface area contributed by atoms with Gasteiger partial charge in [-0.1, -0.05) is 0 Å². The summed E-state index contributed by atoms with van der Waals surface area (Å²) in [6.45, 7) is 0.529. The van der Waals surface area contributed by atoms with Crippen LogP contribution in [0.1, 0.15) is 32.1 Å². The second kappa shape index (κ2) is 4.49. The van der Waals surface area contributed by atoms with Crippen LogP contribution in [0.25, 0.3) is 0 Å². The van der Waals surface area contributed by atoms with Crippen molar-refractivity contribution in [1.82, 2.24) is 4.90 Å². The molecule has 2 atom stereocenters. The molecule has 0 aromatic rings. The molecule has 2 heterocycles. The highest BCUT2D eigenvalue weighted by Crippen LogP contribution is 2.35. The number of piperidine rings is 1. The zero-order chi connectivity index (χ0) is 10.8. The van der Waals surface area contributed by atoms with E-state index in [1.54, 1.807) is 7.11 Å². The lowest BCUT2D eigenvalue weighted by molar-refractivity contribution is -0.136. The summed E-state index contributed by atoms with van der Waals surface area (Å²) >= 11 is 0. The second-order valence-corrected chi connectivity index (χ2v) is 4.66. The number of fused-ring (bicyclic) bond motifs is 2. The Morgan fingerprint density at radius 1 is 1.40 bits per heavy atom. The third kappa shape index (κ3) is 2.16. The maximum Gasteiger partial charge on any atom is 0.225 e. The highest BCUT2D eigenvalue weighted by atomic mass is 16.5. The van der Waals surface area contributed by atoms with Crippen LogP contribution in [0.4, 0.5) is 0 Å². The highest BCUT2D eigenvalue weighted by Gasteiger charge is 2.41. The molecular formula is C11H20N2O2. The summed E-state index contributed by atoms with van der Waals surface area (Å²) in [5, 5.41) is 0. The van der Waals surface area contributed by atoms with Crippen LogP contribution < -0.4 is 5.73 Å². The molecule has 0 spiro atoms. The Kier molecular flexibility index (Phi) is 3.26. The molecule has 0 saturated carbocycles. The molecule has 2 aliphatic heterocycles. The van der Waals surface area contributed by atoms with Gasteiger partial charge in [0.25, 0.3) is 0 Å². The van der Waals surface area contributed by atoms with E-state index in [0.29, 0.717) is 31.2 Å². The fraction of sp³-hybridized carbons (Fsp3) is 0.909. The molecule has 4 nitrogen and oxygen atoms in total. The maximum atomic E-state index is 11.9. The van der Waals surface area contributed by atoms with Crippen LogP contribution in [0.2, 0.25) is 0 Å². The molecule has 0 aliphatic carbocycles. The van der Waals surface area contributed by atoms with Crippen LogP contribution in [0, 0.1) is 0 Å². The van der Waals surface area contributed by atoms with E-state index in [1.165, 1.54) is 0 Å². The number of hydrogen-bond acceptors (Lipinski definition) is 3. The fourth-order valence-electron chi connectivity index (χ4n) is 2.94. The lowest BCUT2D eigenvalue weighted by Crippen LogP contribution is -2.50. The van der Waals surface area contributed by atoms with Crippen LogP contribution in [-0.4, -0.2) is 42.6 Å². The number of rotatable bonds is 3. The van der Waals surface area contributed by atoms with Crippen molar-refractivity contribution in [3.8, 4) is 0 Å². The number of nitrogens with two attached hydrogens (primary N) is 1. The molecule has 2 bridgehead atoms. The van der Waals surface area contributed by atoms with E-state index in [4.69, 9.17) is 10.5 Å². The quantitative estimate of drug-likeness (QED) is 0.741. The molecule has 2 saturated heterocycles. The summed E-state index contributed by atoms with van der Waals surface area (Å²) in [7, 11) is 1.63. The highest BCUT2D eigenvalue weighted by molar-refractivity contribution is 5.77. The Balaban J connectivity index is 1.95. The third-order valence-corrected chi connectivity index (χ3v) is 3.58. The molecule has 4 heteroatoms. The average Bonchev–Trinajstić information content (AvgIpc) is 2.48. The first-order chi connectivity index (χ1) is 7.22. The van der Waals surface area contributed by atoms with E-state index < -0.39 is 0 Å². The summed E-state index contributed by atoms with van der Waals surface area (Å²) < 4.78 is 4.94. The first-order valence-electron chi connectivity index (χ1n) is 5.78. The van der Waals surface area contributed by atoms with Gasteiger partial charge in [-0.05, 0) is 25.7 Å². The zero-order valence-corrected chi connectivity index (χ0v) is 9.32. The van der Waals surface area contributed by atoms with E-state index in [-0.39, 0.29) is 5.91 Å². The number of hydrogen-bond donors (Lipinski definition) is 1. The molecule has 1 amide bonds. The van der Waals surface area contributed by atoms with Crippen molar-refractivity contribution in [2.24, 2.45) is 5.73 Å². The van der Waals surface area contributed by atoms with Gasteiger partial charge in [0.2, 0.25) is 5.91 Å². The molecule has 0 aromatic carbocycles. The Morgan fingerprint density at radius 3 is 2.53 bits per heavy atom. The monoisotopic (exact) mass is 212 g/mol. The summed E-state index contributed by atoms with van der Waals surface area (Å²) in [6, 6.07) is 1.11. The minimum absolute atomic E-state index is 0.247. The van der Waals surface area contributed by atoms with Crippen LogP contribution in [0.3, 0.4) is 0 Å². The molecule has 0 radical (unpaired) electrons. The van der Waals surface area contributed by atoms with Crippen LogP contribution in [-0.2, 0) is 9.53 Å². The van der Waals surface area contributed by atoms with Gasteiger partial charge in [-0.2, -0.15) is 0 Å². The lowest BCUT2D eigenvalue weighted by Gasteiger charge is -2.37. The Morgan fingerprint density at radius 2 is 2.00 bits per heavy atom. The van der Waals surface area contributed by atoms with Crippen molar-refractivity contribution in [1.29, 1.82) is 0 Å². The minimum atomic E-state index is 0.247. The average molecular weight is 212 g/mol. The van der Waals surface area contributed by atoms with Gasteiger partial charge in [-0.25, -0.2) is 0 Å². The normalized spacial score (nSPS) is 34.5. The van der Waals surface area contributed by atoms with Gasteiger partial charge in [0, 0.05) is 25.2 Å². The number of nitrogens with zero attached hydrogens (tertiary/aromatic N) is 1. The summed E-state index contributed by atoms with van der Waals surface area (Å²) in [5.74, 6) is 0.247. The van der Waals surface area contributed by atoms with Crippen molar-refractivity contribution < 1.29 is 9.53 Å². The minimum Gasteiger partial charge on any atom is -0.384 e. The van der Waals surface area contributed by atoms with Gasteiger partial charge < -0.3 is 15.4 Å². The number of ether oxygens (including phenoxy) is 1. The lowest BCUT2D eigenvalue weighted by atomic mass is 9.98. The smallest absolute Gasteiger partial charge is 0.225 e. The van der Waals surface area contributed by atoms with Gasteiger partial charge >= 0.3 is 0 Å². The van der Waals surface area contributed by atoms with Crippen molar-refractivity contribution in [3.63, 3.8) is 0 Å². The van der Waals surface area contributed by atoms with Crippen LogP contribution in [0.5, 0.6) is 0 Å². The van der Waals surface area contributed by atoms with Gasteiger partial charge in [-0.3, -0.25) is 4.79 Å². The van der Waals surface area contributed by atoms with E-state index in [9.17, 15) is 4.79 Å². The molecule has 2 rings (SSSR count). The Hall–Kier alpha value is -0.610. The SMILES string of the molecule is COCCC(=O)N1C2CCC1CC(N)C2. The van der Waals surface area contributed by atoms with E-state index >= 15 is 0 Å². The first kappa shape index (κ1) is 10.9. The second-order valence-electron chi connectivity index (χ2n) is 4.66. The Labute approximate surface area is 90.8 Å². The number of amides is 1. The van der Waals surface area contributed by atoms with E-state index in [0.717, 1.165) is 25.7 Å². The topological polar surface area (TPSA) is 55.6 Å². The Bertz CT molecular complexity index is 231. The van der Waals surface area contributed by atoms with Gasteiger partial charge in [-0.15, -0.1) is 0 Å². The third-order valence-electron chi connectivity index (χ3n) is 3.58. The number of methoxy groups -OCH3 is 1. The summed E-state index contributed by atoms with van der Waals surface area (Å²) in [6.07, 6.45) is 4.75. The number of carbonyl (C=O) groups is 1. The predicted octanol–water partition coefficient (Wildman–Crippen LogP) is 0.504. The molecule has 15 heavy (non-hydrogen) atoms. The summed E-state index contributed by atoms with van der Waals surface area (Å²) in [4.78, 5) is 14.0. The van der Waals surface area contributed by atoms with Crippen molar-refractivity contribution >= 4 is 5.91 Å². The van der Waals surface area contributed by atoms with Gasteiger partial charge in [0.1, 0.15) is 0 Å². The van der Waals surface area contributed by atoms with Crippen molar-refractivity contribution in [2.45, 2.75) is 50.2 Å². The molecule has 86 valence electrons. The van der Waals surface area contributed by atoms with Crippen molar-refractivity contribution in [2.75, 3.05) is 13.7 Å². The number of carbonyl (C=O) groups excluding carboxylic acids is 1. The van der Waals surface area contributed by atoms with Crippen molar-refractivity contribution in [3.05, 3.63) is 0 Å².